The molecule has 0 aromatic heterocycles. The molecule has 0 atom stereocenters. The van der Waals surface area contributed by atoms with Gasteiger partial charge >= 0.3 is 0 Å². The first kappa shape index (κ1) is 13.7. The molecule has 0 aromatic rings. The summed E-state index contributed by atoms with van der Waals surface area (Å²) in [6.07, 6.45) is 7.50. The van der Waals surface area contributed by atoms with Crippen molar-refractivity contribution in [3.05, 3.63) is 0 Å². The van der Waals surface area contributed by atoms with Crippen molar-refractivity contribution in [2.24, 2.45) is 5.92 Å². The van der Waals surface area contributed by atoms with Crippen molar-refractivity contribution in [2.45, 2.75) is 71.3 Å². The standard InChI is InChI=1S/C14H26O2/c1-4-14(5-2,16-6-3)13(15)12-10-8-7-9-11-12/h12H,4-11H2,1-3H3. The molecular weight excluding hydrogens is 200 g/mol. The van der Waals surface area contributed by atoms with E-state index in [1.54, 1.807) is 0 Å². The van der Waals surface area contributed by atoms with Crippen LogP contribution in [0.15, 0.2) is 0 Å². The first-order valence-corrected chi connectivity index (χ1v) is 6.88. The molecule has 0 aromatic carbocycles. The molecule has 1 aliphatic rings. The molecule has 1 rings (SSSR count). The van der Waals surface area contributed by atoms with Crippen LogP contribution in [0.1, 0.15) is 65.7 Å². The summed E-state index contributed by atoms with van der Waals surface area (Å²) in [5.74, 6) is 0.638. The minimum Gasteiger partial charge on any atom is -0.368 e. The zero-order valence-corrected chi connectivity index (χ0v) is 11.1. The smallest absolute Gasteiger partial charge is 0.167 e. The summed E-state index contributed by atoms with van der Waals surface area (Å²) in [5, 5.41) is 0. The Morgan fingerprint density at radius 1 is 1.12 bits per heavy atom. The Morgan fingerprint density at radius 2 is 1.69 bits per heavy atom. The van der Waals surface area contributed by atoms with Gasteiger partial charge in [0, 0.05) is 12.5 Å². The Morgan fingerprint density at radius 3 is 2.12 bits per heavy atom. The van der Waals surface area contributed by atoms with Crippen molar-refractivity contribution in [2.75, 3.05) is 6.61 Å². The van der Waals surface area contributed by atoms with Gasteiger partial charge in [-0.2, -0.15) is 0 Å². The molecule has 0 bridgehead atoms. The van der Waals surface area contributed by atoms with Crippen LogP contribution in [0.2, 0.25) is 0 Å². The Hall–Kier alpha value is -0.370. The van der Waals surface area contributed by atoms with Crippen molar-refractivity contribution in [1.29, 1.82) is 0 Å². The monoisotopic (exact) mass is 226 g/mol. The van der Waals surface area contributed by atoms with Gasteiger partial charge in [-0.05, 0) is 32.6 Å². The quantitative estimate of drug-likeness (QED) is 0.689. The van der Waals surface area contributed by atoms with Gasteiger partial charge in [-0.3, -0.25) is 4.79 Å². The van der Waals surface area contributed by atoms with Gasteiger partial charge in [0.05, 0.1) is 0 Å². The van der Waals surface area contributed by atoms with E-state index >= 15 is 0 Å². The lowest BCUT2D eigenvalue weighted by molar-refractivity contribution is -0.150. The molecule has 2 nitrogen and oxygen atoms in total. The van der Waals surface area contributed by atoms with Crippen LogP contribution < -0.4 is 0 Å². The summed E-state index contributed by atoms with van der Waals surface area (Å²) in [4.78, 5) is 12.5. The second kappa shape index (κ2) is 6.39. The highest BCUT2D eigenvalue weighted by Crippen LogP contribution is 2.32. The minimum atomic E-state index is -0.489. The summed E-state index contributed by atoms with van der Waals surface area (Å²) in [7, 11) is 0. The molecule has 0 spiro atoms. The van der Waals surface area contributed by atoms with Crippen molar-refractivity contribution in [1.82, 2.24) is 0 Å². The third-order valence-corrected chi connectivity index (χ3v) is 3.99. The maximum atomic E-state index is 12.5. The number of hydrogen-bond donors (Lipinski definition) is 0. The molecule has 94 valence electrons. The first-order chi connectivity index (χ1) is 7.70. The normalized spacial score (nSPS) is 18.7. The number of ether oxygens (including phenoxy) is 1. The molecule has 0 N–H and O–H groups in total. The zero-order valence-electron chi connectivity index (χ0n) is 11.1. The third-order valence-electron chi connectivity index (χ3n) is 3.99. The van der Waals surface area contributed by atoms with Gasteiger partial charge in [-0.25, -0.2) is 0 Å². The topological polar surface area (TPSA) is 26.3 Å². The van der Waals surface area contributed by atoms with Gasteiger partial charge in [-0.1, -0.05) is 33.1 Å². The SMILES string of the molecule is CCOC(CC)(CC)C(=O)C1CCCCC1. The van der Waals surface area contributed by atoms with Gasteiger partial charge in [0.1, 0.15) is 5.60 Å². The Labute approximate surface area is 99.8 Å². The molecule has 0 amide bonds. The van der Waals surface area contributed by atoms with Crippen LogP contribution in [0.4, 0.5) is 0 Å². The number of ketones is 1. The predicted octanol–water partition coefficient (Wildman–Crippen LogP) is 3.73. The van der Waals surface area contributed by atoms with E-state index in [4.69, 9.17) is 4.74 Å². The van der Waals surface area contributed by atoms with E-state index in [-0.39, 0.29) is 5.92 Å². The summed E-state index contributed by atoms with van der Waals surface area (Å²) in [5.41, 5.74) is -0.489. The number of carbonyl (C=O) groups excluding carboxylic acids is 1. The number of rotatable bonds is 6. The van der Waals surface area contributed by atoms with Gasteiger partial charge in [0.15, 0.2) is 5.78 Å². The average Bonchev–Trinajstić information content (AvgIpc) is 2.36. The number of Topliss-reactive ketones (excluding diaryl/α,β-unsaturated/α-hetero) is 1. The molecular formula is C14H26O2. The molecule has 0 unspecified atom stereocenters. The summed E-state index contributed by atoms with van der Waals surface area (Å²) >= 11 is 0. The molecule has 1 aliphatic carbocycles. The molecule has 1 fully saturated rings. The summed E-state index contributed by atoms with van der Waals surface area (Å²) < 4.78 is 5.79. The number of carbonyl (C=O) groups is 1. The Balaban J connectivity index is 2.72. The molecule has 0 aliphatic heterocycles. The highest BCUT2D eigenvalue weighted by Gasteiger charge is 2.39. The Bertz CT molecular complexity index is 213. The first-order valence-electron chi connectivity index (χ1n) is 6.88. The lowest BCUT2D eigenvalue weighted by Crippen LogP contribution is -2.44. The van der Waals surface area contributed by atoms with E-state index in [0.29, 0.717) is 12.4 Å². The van der Waals surface area contributed by atoms with Crippen LogP contribution in [0.3, 0.4) is 0 Å². The van der Waals surface area contributed by atoms with E-state index in [9.17, 15) is 4.79 Å². The van der Waals surface area contributed by atoms with Crippen LogP contribution in [0, 0.1) is 5.92 Å². The highest BCUT2D eigenvalue weighted by molar-refractivity contribution is 5.89. The van der Waals surface area contributed by atoms with Gasteiger partial charge < -0.3 is 4.74 Å². The van der Waals surface area contributed by atoms with Crippen molar-refractivity contribution < 1.29 is 9.53 Å². The van der Waals surface area contributed by atoms with Crippen LogP contribution in [-0.4, -0.2) is 18.0 Å². The molecule has 0 saturated heterocycles. The van der Waals surface area contributed by atoms with E-state index in [2.05, 4.69) is 13.8 Å². The van der Waals surface area contributed by atoms with Crippen LogP contribution in [0.25, 0.3) is 0 Å². The molecule has 2 heteroatoms. The van der Waals surface area contributed by atoms with Gasteiger partial charge in [0.2, 0.25) is 0 Å². The van der Waals surface area contributed by atoms with Crippen LogP contribution in [-0.2, 0) is 9.53 Å². The third kappa shape index (κ3) is 2.85. The van der Waals surface area contributed by atoms with E-state index in [0.717, 1.165) is 25.7 Å². The summed E-state index contributed by atoms with van der Waals surface area (Å²) in [6.45, 7) is 6.76. The van der Waals surface area contributed by atoms with Crippen molar-refractivity contribution in [3.8, 4) is 0 Å². The second-order valence-electron chi connectivity index (χ2n) is 4.83. The predicted molar refractivity (Wildman–Crippen MR) is 66.5 cm³/mol. The lowest BCUT2D eigenvalue weighted by Gasteiger charge is -2.34. The van der Waals surface area contributed by atoms with Crippen LogP contribution in [0.5, 0.6) is 0 Å². The molecule has 16 heavy (non-hydrogen) atoms. The average molecular weight is 226 g/mol. The maximum absolute atomic E-state index is 12.5. The van der Waals surface area contributed by atoms with Crippen LogP contribution >= 0.6 is 0 Å². The van der Waals surface area contributed by atoms with E-state index in [1.165, 1.54) is 19.3 Å². The fourth-order valence-corrected chi connectivity index (χ4v) is 2.89. The largest absolute Gasteiger partial charge is 0.368 e. The summed E-state index contributed by atoms with van der Waals surface area (Å²) in [6, 6.07) is 0. The molecule has 1 saturated carbocycles. The van der Waals surface area contributed by atoms with Gasteiger partial charge in [-0.15, -0.1) is 0 Å². The van der Waals surface area contributed by atoms with Gasteiger partial charge in [0.25, 0.3) is 0 Å². The highest BCUT2D eigenvalue weighted by atomic mass is 16.5. The molecule has 0 heterocycles. The fourth-order valence-electron chi connectivity index (χ4n) is 2.89. The zero-order chi connectivity index (χ0) is 12.0. The van der Waals surface area contributed by atoms with E-state index < -0.39 is 5.60 Å². The second-order valence-corrected chi connectivity index (χ2v) is 4.83. The number of hydrogen-bond acceptors (Lipinski definition) is 2. The minimum absolute atomic E-state index is 0.264. The van der Waals surface area contributed by atoms with Crippen molar-refractivity contribution >= 4 is 5.78 Å². The Kier molecular flexibility index (Phi) is 5.47. The van der Waals surface area contributed by atoms with Crippen molar-refractivity contribution in [3.63, 3.8) is 0 Å². The fraction of sp³-hybridized carbons (Fsp3) is 0.929. The lowest BCUT2D eigenvalue weighted by atomic mass is 9.77. The maximum Gasteiger partial charge on any atom is 0.167 e. The molecule has 0 radical (unpaired) electrons. The van der Waals surface area contributed by atoms with E-state index in [1.807, 2.05) is 6.92 Å².